The second-order valence-electron chi connectivity index (χ2n) is 6.46. The van der Waals surface area contributed by atoms with Crippen molar-refractivity contribution in [3.05, 3.63) is 57.8 Å². The minimum absolute atomic E-state index is 0.185. The molecule has 2 rings (SSSR count). The first-order valence-corrected chi connectivity index (χ1v) is 8.77. The van der Waals surface area contributed by atoms with E-state index in [4.69, 9.17) is 0 Å². The SMILES string of the molecule is CCCc1ccc(C(C)NCC(C)(C)c2cccs2)cc1. The van der Waals surface area contributed by atoms with Crippen LogP contribution in [-0.2, 0) is 11.8 Å². The summed E-state index contributed by atoms with van der Waals surface area (Å²) in [5, 5.41) is 5.85. The lowest BCUT2D eigenvalue weighted by Crippen LogP contribution is -2.33. The highest BCUT2D eigenvalue weighted by Gasteiger charge is 2.22. The van der Waals surface area contributed by atoms with Gasteiger partial charge < -0.3 is 5.32 Å². The van der Waals surface area contributed by atoms with E-state index >= 15 is 0 Å². The molecule has 0 spiro atoms. The monoisotopic (exact) mass is 301 g/mol. The second-order valence-corrected chi connectivity index (χ2v) is 7.40. The molecule has 0 aliphatic rings. The number of hydrogen-bond acceptors (Lipinski definition) is 2. The minimum atomic E-state index is 0.185. The summed E-state index contributed by atoms with van der Waals surface area (Å²) in [6.45, 7) is 10.1. The molecule has 1 aromatic carbocycles. The molecule has 1 unspecified atom stereocenters. The van der Waals surface area contributed by atoms with Gasteiger partial charge in [0.2, 0.25) is 0 Å². The molecule has 1 N–H and O–H groups in total. The van der Waals surface area contributed by atoms with E-state index < -0.39 is 0 Å². The van der Waals surface area contributed by atoms with Crippen molar-refractivity contribution in [3.8, 4) is 0 Å². The molecule has 0 bridgehead atoms. The molecule has 1 aromatic heterocycles. The van der Waals surface area contributed by atoms with Crippen molar-refractivity contribution in [1.29, 1.82) is 0 Å². The number of aryl methyl sites for hydroxylation is 1. The van der Waals surface area contributed by atoms with Crippen molar-refractivity contribution in [2.45, 2.75) is 52.0 Å². The van der Waals surface area contributed by atoms with Crippen molar-refractivity contribution < 1.29 is 0 Å². The topological polar surface area (TPSA) is 12.0 Å². The third-order valence-corrected chi connectivity index (χ3v) is 5.29. The maximum absolute atomic E-state index is 3.69. The fourth-order valence-corrected chi connectivity index (χ4v) is 3.39. The zero-order valence-electron chi connectivity index (χ0n) is 13.6. The van der Waals surface area contributed by atoms with Gasteiger partial charge in [-0.2, -0.15) is 0 Å². The zero-order chi connectivity index (χ0) is 15.3. The molecule has 114 valence electrons. The predicted molar refractivity (Wildman–Crippen MR) is 94.2 cm³/mol. The van der Waals surface area contributed by atoms with E-state index in [2.05, 4.69) is 74.8 Å². The van der Waals surface area contributed by atoms with Crippen LogP contribution in [0.2, 0.25) is 0 Å². The van der Waals surface area contributed by atoms with Crippen LogP contribution >= 0.6 is 11.3 Å². The first-order valence-electron chi connectivity index (χ1n) is 7.89. The third-order valence-electron chi connectivity index (χ3n) is 4.06. The van der Waals surface area contributed by atoms with Gasteiger partial charge in [-0.1, -0.05) is 57.5 Å². The van der Waals surface area contributed by atoms with Gasteiger partial charge in [-0.05, 0) is 35.9 Å². The molecular formula is C19H27NS. The Morgan fingerprint density at radius 1 is 1.14 bits per heavy atom. The van der Waals surface area contributed by atoms with Crippen LogP contribution in [0.1, 0.15) is 56.2 Å². The van der Waals surface area contributed by atoms with E-state index in [1.54, 1.807) is 0 Å². The van der Waals surface area contributed by atoms with Gasteiger partial charge in [-0.3, -0.25) is 0 Å². The van der Waals surface area contributed by atoms with Crippen LogP contribution in [0.25, 0.3) is 0 Å². The second kappa shape index (κ2) is 7.24. The molecule has 0 amide bonds. The Kier molecular flexibility index (Phi) is 5.60. The van der Waals surface area contributed by atoms with E-state index in [0.717, 1.165) is 6.54 Å². The van der Waals surface area contributed by atoms with Crippen LogP contribution < -0.4 is 5.32 Å². The summed E-state index contributed by atoms with van der Waals surface area (Å²) in [5.74, 6) is 0. The standard InChI is InChI=1S/C19H27NS/c1-5-7-16-9-11-17(12-10-16)15(2)20-14-19(3,4)18-8-6-13-21-18/h6,8-13,15,20H,5,7,14H2,1-4H3. The average Bonchev–Trinajstić information content (AvgIpc) is 3.01. The summed E-state index contributed by atoms with van der Waals surface area (Å²) in [6.07, 6.45) is 2.38. The highest BCUT2D eigenvalue weighted by Crippen LogP contribution is 2.27. The summed E-state index contributed by atoms with van der Waals surface area (Å²) in [4.78, 5) is 1.44. The number of thiophene rings is 1. The van der Waals surface area contributed by atoms with Crippen molar-refractivity contribution in [3.63, 3.8) is 0 Å². The van der Waals surface area contributed by atoms with Crippen molar-refractivity contribution in [2.75, 3.05) is 6.54 Å². The van der Waals surface area contributed by atoms with E-state index in [1.807, 2.05) is 11.3 Å². The number of nitrogens with one attached hydrogen (secondary N) is 1. The summed E-state index contributed by atoms with van der Waals surface area (Å²) in [7, 11) is 0. The largest absolute Gasteiger partial charge is 0.309 e. The van der Waals surface area contributed by atoms with Crippen molar-refractivity contribution >= 4 is 11.3 Å². The molecular weight excluding hydrogens is 274 g/mol. The van der Waals surface area contributed by atoms with E-state index in [1.165, 1.54) is 28.8 Å². The van der Waals surface area contributed by atoms with Crippen molar-refractivity contribution in [1.82, 2.24) is 5.32 Å². The average molecular weight is 301 g/mol. The summed E-state index contributed by atoms with van der Waals surface area (Å²) in [5.41, 5.74) is 2.99. The molecule has 2 heteroatoms. The molecule has 1 nitrogen and oxygen atoms in total. The Labute approximate surface area is 133 Å². The zero-order valence-corrected chi connectivity index (χ0v) is 14.5. The predicted octanol–water partition coefficient (Wildman–Crippen LogP) is 5.33. The maximum atomic E-state index is 3.69. The highest BCUT2D eigenvalue weighted by atomic mass is 32.1. The van der Waals surface area contributed by atoms with E-state index in [9.17, 15) is 0 Å². The Hall–Kier alpha value is -1.12. The van der Waals surface area contributed by atoms with E-state index in [0.29, 0.717) is 6.04 Å². The Bertz CT molecular complexity index is 525. The number of benzene rings is 1. The summed E-state index contributed by atoms with van der Waals surface area (Å²) in [6, 6.07) is 13.8. The summed E-state index contributed by atoms with van der Waals surface area (Å²) < 4.78 is 0. The molecule has 0 aliphatic carbocycles. The first kappa shape index (κ1) is 16.3. The van der Waals surface area contributed by atoms with Gasteiger partial charge in [0.25, 0.3) is 0 Å². The van der Waals surface area contributed by atoms with Crippen LogP contribution in [0.5, 0.6) is 0 Å². The first-order chi connectivity index (χ1) is 10.0. The van der Waals surface area contributed by atoms with Gasteiger partial charge >= 0.3 is 0 Å². The molecule has 0 saturated heterocycles. The normalized spacial score (nSPS) is 13.3. The van der Waals surface area contributed by atoms with Gasteiger partial charge in [0.05, 0.1) is 0 Å². The van der Waals surface area contributed by atoms with Gasteiger partial charge in [-0.25, -0.2) is 0 Å². The van der Waals surface area contributed by atoms with Crippen LogP contribution in [0.15, 0.2) is 41.8 Å². The lowest BCUT2D eigenvalue weighted by Gasteiger charge is -2.26. The molecule has 1 atom stereocenters. The fourth-order valence-electron chi connectivity index (χ4n) is 2.54. The quantitative estimate of drug-likeness (QED) is 0.729. The molecule has 0 saturated carbocycles. The molecule has 1 heterocycles. The number of hydrogen-bond donors (Lipinski definition) is 1. The Balaban J connectivity index is 1.93. The summed E-state index contributed by atoms with van der Waals surface area (Å²) >= 11 is 1.84. The minimum Gasteiger partial charge on any atom is -0.309 e. The van der Waals surface area contributed by atoms with Crippen LogP contribution in [0.3, 0.4) is 0 Å². The van der Waals surface area contributed by atoms with Crippen LogP contribution in [-0.4, -0.2) is 6.54 Å². The molecule has 2 aromatic rings. The third kappa shape index (κ3) is 4.42. The maximum Gasteiger partial charge on any atom is 0.0292 e. The number of rotatable bonds is 7. The van der Waals surface area contributed by atoms with Gasteiger partial charge in [0.15, 0.2) is 0 Å². The lowest BCUT2D eigenvalue weighted by atomic mass is 9.91. The van der Waals surface area contributed by atoms with Gasteiger partial charge in [0.1, 0.15) is 0 Å². The Morgan fingerprint density at radius 3 is 2.43 bits per heavy atom. The van der Waals surface area contributed by atoms with Crippen LogP contribution in [0, 0.1) is 0 Å². The Morgan fingerprint density at radius 2 is 1.86 bits per heavy atom. The van der Waals surface area contributed by atoms with Crippen LogP contribution in [0.4, 0.5) is 0 Å². The smallest absolute Gasteiger partial charge is 0.0292 e. The van der Waals surface area contributed by atoms with Gasteiger partial charge in [0, 0.05) is 22.9 Å². The fraction of sp³-hybridized carbons (Fsp3) is 0.474. The van der Waals surface area contributed by atoms with Gasteiger partial charge in [-0.15, -0.1) is 11.3 Å². The van der Waals surface area contributed by atoms with Crippen molar-refractivity contribution in [2.24, 2.45) is 0 Å². The van der Waals surface area contributed by atoms with E-state index in [-0.39, 0.29) is 5.41 Å². The molecule has 21 heavy (non-hydrogen) atoms. The highest BCUT2D eigenvalue weighted by molar-refractivity contribution is 7.10. The molecule has 0 fully saturated rings. The molecule has 0 radical (unpaired) electrons. The molecule has 0 aliphatic heterocycles. The lowest BCUT2D eigenvalue weighted by molar-refractivity contribution is 0.441.